The van der Waals surface area contributed by atoms with Crippen molar-refractivity contribution in [1.29, 1.82) is 0 Å². The predicted molar refractivity (Wildman–Crippen MR) is 190 cm³/mol. The summed E-state index contributed by atoms with van der Waals surface area (Å²) < 4.78 is 13.4. The quantitative estimate of drug-likeness (QED) is 0.155. The van der Waals surface area contributed by atoms with Crippen LogP contribution in [0.4, 0.5) is 0 Å². The molecule has 0 amide bonds. The normalized spacial score (nSPS) is 13.0. The molecule has 2 aromatic heterocycles. The van der Waals surface area contributed by atoms with Crippen LogP contribution in [0.2, 0.25) is 0 Å². The van der Waals surface area contributed by atoms with Gasteiger partial charge in [-0.1, -0.05) is 64.1 Å². The van der Waals surface area contributed by atoms with Gasteiger partial charge in [0.25, 0.3) is 0 Å². The van der Waals surface area contributed by atoms with E-state index < -0.39 is 0 Å². The molecule has 8 heteroatoms. The van der Waals surface area contributed by atoms with Crippen LogP contribution in [0.25, 0.3) is 44.7 Å². The monoisotopic (exact) mass is 642 g/mol. The van der Waals surface area contributed by atoms with E-state index in [4.69, 9.17) is 19.7 Å². The number of nitrogens with zero attached hydrogens (tertiary/aromatic N) is 4. The molecular weight excluding hydrogens is 600 g/mol. The van der Waals surface area contributed by atoms with Gasteiger partial charge in [-0.3, -0.25) is 4.57 Å². The molecule has 6 aromatic rings. The molecule has 8 nitrogen and oxygen atoms in total. The topological polar surface area (TPSA) is 94.6 Å². The van der Waals surface area contributed by atoms with E-state index in [1.54, 1.807) is 4.80 Å². The molecule has 0 radical (unpaired) electrons. The first-order valence-electron chi connectivity index (χ1n) is 16.9. The summed E-state index contributed by atoms with van der Waals surface area (Å²) in [4.78, 5) is 1.65. The lowest BCUT2D eigenvalue weighted by atomic mass is 9.95. The Bertz CT molecular complexity index is 1920. The maximum absolute atomic E-state index is 11.0. The Labute approximate surface area is 281 Å². The minimum Gasteiger partial charge on any atom is -0.494 e. The lowest BCUT2D eigenvalue weighted by molar-refractivity contribution is 0.271. The van der Waals surface area contributed by atoms with Crippen LogP contribution in [0.5, 0.6) is 23.3 Å². The van der Waals surface area contributed by atoms with E-state index in [1.165, 1.54) is 4.57 Å². The first kappa shape index (κ1) is 31.4. The molecule has 1 aliphatic carbocycles. The first-order valence-corrected chi connectivity index (χ1v) is 16.9. The fourth-order valence-electron chi connectivity index (χ4n) is 6.31. The maximum Gasteiger partial charge on any atom is 0.202 e. The molecule has 0 saturated carbocycles. The number of ether oxygens (including phenoxy) is 2. The average molecular weight is 643 g/mol. The third-order valence-corrected chi connectivity index (χ3v) is 8.81. The molecule has 0 spiro atoms. The third-order valence-electron chi connectivity index (χ3n) is 8.81. The molecule has 7 rings (SSSR count). The second-order valence-corrected chi connectivity index (χ2v) is 13.5. The Morgan fingerprint density at radius 3 is 1.42 bits per heavy atom. The molecule has 2 heterocycles. The van der Waals surface area contributed by atoms with E-state index >= 15 is 0 Å². The van der Waals surface area contributed by atoms with Gasteiger partial charge >= 0.3 is 0 Å². The molecule has 4 aromatic carbocycles. The van der Waals surface area contributed by atoms with Crippen LogP contribution in [-0.2, 0) is 12.8 Å². The lowest BCUT2D eigenvalue weighted by Gasteiger charge is -2.11. The molecule has 0 aliphatic heterocycles. The molecule has 246 valence electrons. The Balaban J connectivity index is 1.27. The van der Waals surface area contributed by atoms with Crippen molar-refractivity contribution >= 4 is 11.0 Å². The highest BCUT2D eigenvalue weighted by Crippen LogP contribution is 2.41. The molecule has 0 saturated heterocycles. The van der Waals surface area contributed by atoms with Crippen LogP contribution in [0.3, 0.4) is 0 Å². The van der Waals surface area contributed by atoms with Gasteiger partial charge in [0, 0.05) is 22.3 Å². The van der Waals surface area contributed by atoms with Gasteiger partial charge < -0.3 is 19.7 Å². The first-order chi connectivity index (χ1) is 23.3. The zero-order valence-corrected chi connectivity index (χ0v) is 28.0. The van der Waals surface area contributed by atoms with Gasteiger partial charge in [-0.25, -0.2) is 0 Å². The number of fused-ring (bicyclic) bond motifs is 2. The second kappa shape index (κ2) is 13.1. The van der Waals surface area contributed by atoms with Crippen LogP contribution >= 0.6 is 0 Å². The van der Waals surface area contributed by atoms with Crippen LogP contribution < -0.4 is 9.47 Å². The fraction of sp³-hybridized carbons (Fsp3) is 0.300. The van der Waals surface area contributed by atoms with Crippen molar-refractivity contribution in [2.75, 3.05) is 13.2 Å². The highest BCUT2D eigenvalue weighted by molar-refractivity contribution is 6.00. The number of hydrogen-bond donors (Lipinski definition) is 2. The van der Waals surface area contributed by atoms with Gasteiger partial charge in [-0.15, -0.1) is 10.2 Å². The average Bonchev–Trinajstić information content (AvgIpc) is 3.66. The summed E-state index contributed by atoms with van der Waals surface area (Å²) >= 11 is 0. The van der Waals surface area contributed by atoms with Gasteiger partial charge in [-0.05, 0) is 97.2 Å². The van der Waals surface area contributed by atoms with Gasteiger partial charge in [0.2, 0.25) is 11.8 Å². The number of benzene rings is 4. The highest BCUT2D eigenvalue weighted by atomic mass is 16.5. The molecule has 0 unspecified atom stereocenters. The van der Waals surface area contributed by atoms with Crippen LogP contribution in [0, 0.1) is 11.8 Å². The van der Waals surface area contributed by atoms with E-state index in [0.29, 0.717) is 30.7 Å². The number of hydrogen-bond acceptors (Lipinski definition) is 6. The van der Waals surface area contributed by atoms with E-state index in [2.05, 4.69) is 64.1 Å². The van der Waals surface area contributed by atoms with Gasteiger partial charge in [-0.2, -0.15) is 4.80 Å². The smallest absolute Gasteiger partial charge is 0.202 e. The minimum atomic E-state index is 0.119. The van der Waals surface area contributed by atoms with Crippen molar-refractivity contribution in [3.05, 3.63) is 96.1 Å². The maximum atomic E-state index is 11.0. The highest BCUT2D eigenvalue weighted by Gasteiger charge is 2.25. The summed E-state index contributed by atoms with van der Waals surface area (Å²) in [5, 5.41) is 32.0. The molecule has 0 bridgehead atoms. The Kier molecular flexibility index (Phi) is 8.56. The van der Waals surface area contributed by atoms with Crippen LogP contribution in [0.15, 0.2) is 84.9 Å². The van der Waals surface area contributed by atoms with E-state index in [0.717, 1.165) is 87.3 Å². The van der Waals surface area contributed by atoms with Crippen LogP contribution in [-0.4, -0.2) is 43.0 Å². The van der Waals surface area contributed by atoms with Crippen LogP contribution in [0.1, 0.15) is 51.7 Å². The van der Waals surface area contributed by atoms with Crippen molar-refractivity contribution in [3.63, 3.8) is 0 Å². The number of rotatable bonds is 10. The van der Waals surface area contributed by atoms with Gasteiger partial charge in [0.05, 0.1) is 24.6 Å². The van der Waals surface area contributed by atoms with Crippen molar-refractivity contribution in [2.24, 2.45) is 11.8 Å². The van der Waals surface area contributed by atoms with E-state index in [1.807, 2.05) is 48.5 Å². The molecule has 2 N–H and O–H groups in total. The summed E-state index contributed by atoms with van der Waals surface area (Å²) in [5.41, 5.74) is 8.68. The zero-order chi connectivity index (χ0) is 33.4. The third kappa shape index (κ3) is 6.10. The molecule has 0 fully saturated rings. The number of aromatic hydroxyl groups is 2. The van der Waals surface area contributed by atoms with Crippen molar-refractivity contribution in [3.8, 4) is 56.9 Å². The second-order valence-electron chi connectivity index (χ2n) is 13.5. The van der Waals surface area contributed by atoms with Crippen molar-refractivity contribution in [2.45, 2.75) is 53.4 Å². The lowest BCUT2D eigenvalue weighted by Crippen LogP contribution is -2.04. The summed E-state index contributed by atoms with van der Waals surface area (Å²) in [6.07, 6.45) is 3.57. The standard InChI is InChI=1S/C40H42N4O4/c1-25(2)23-47-31-17-9-27(10-18-31)33-21-22-34(28-11-19-32(20-12-28)48-24-26(3)4)38-37(33)41-44(42-38)30-15-13-29(14-16-30)43-39(45)35-7-5-6-8-36(35)40(43)46/h9-22,25-26,45-46H,5-8,23-24H2,1-4H3. The molecule has 1 aliphatic rings. The Hall–Kier alpha value is -5.24. The van der Waals surface area contributed by atoms with Crippen molar-refractivity contribution < 1.29 is 19.7 Å². The van der Waals surface area contributed by atoms with Gasteiger partial charge in [0.15, 0.2) is 0 Å². The summed E-state index contributed by atoms with van der Waals surface area (Å²) in [6.45, 7) is 9.87. The Morgan fingerprint density at radius 1 is 0.583 bits per heavy atom. The fourth-order valence-corrected chi connectivity index (χ4v) is 6.31. The van der Waals surface area contributed by atoms with E-state index in [-0.39, 0.29) is 11.8 Å². The molecule has 0 atom stereocenters. The number of aromatic nitrogens is 4. The SMILES string of the molecule is CC(C)COc1ccc(-c2ccc(-c3ccc(OCC(C)C)cc3)c3nn(-c4ccc(-n5c(O)c6c(c5O)CCCC6)cc4)nc23)cc1. The summed E-state index contributed by atoms with van der Waals surface area (Å²) in [6, 6.07) is 28.0. The Morgan fingerprint density at radius 2 is 1.00 bits per heavy atom. The molecular formula is C40H42N4O4. The molecule has 48 heavy (non-hydrogen) atoms. The summed E-state index contributed by atoms with van der Waals surface area (Å²) in [5.74, 6) is 2.80. The van der Waals surface area contributed by atoms with Crippen molar-refractivity contribution in [1.82, 2.24) is 19.6 Å². The summed E-state index contributed by atoms with van der Waals surface area (Å²) in [7, 11) is 0. The zero-order valence-electron chi connectivity index (χ0n) is 28.0. The predicted octanol–water partition coefficient (Wildman–Crippen LogP) is 8.90. The largest absolute Gasteiger partial charge is 0.494 e. The van der Waals surface area contributed by atoms with E-state index in [9.17, 15) is 10.2 Å². The minimum absolute atomic E-state index is 0.119. The van der Waals surface area contributed by atoms with Gasteiger partial charge in [0.1, 0.15) is 22.5 Å².